The monoisotopic (exact) mass is 496 g/mol. The van der Waals surface area contributed by atoms with Crippen LogP contribution in [-0.4, -0.2) is 75.2 Å². The molecule has 9 atom stereocenters. The number of fused-ring (bicyclic) bond motifs is 5. The normalized spacial score (nSPS) is 46.4. The number of likely N-dealkylation sites (N-methyl/N-ethyl adjacent to an activating group) is 1. The molecule has 4 nitrogen and oxygen atoms in total. The average Bonchev–Trinajstić information content (AvgIpc) is 3.16. The van der Waals surface area contributed by atoms with E-state index in [4.69, 9.17) is 4.74 Å². The van der Waals surface area contributed by atoms with Crippen molar-refractivity contribution in [3.63, 3.8) is 0 Å². The van der Waals surface area contributed by atoms with Crippen LogP contribution in [0.4, 0.5) is 5.69 Å². The molecule has 5 fully saturated rings. The Bertz CT molecular complexity index is 943. The lowest BCUT2D eigenvalue weighted by Crippen LogP contribution is -2.61. The van der Waals surface area contributed by atoms with E-state index in [1.165, 1.54) is 57.1 Å². The van der Waals surface area contributed by atoms with Gasteiger partial charge in [-0.3, -0.25) is 4.48 Å². The molecule has 0 bridgehead atoms. The zero-order valence-electron chi connectivity index (χ0n) is 23.7. The van der Waals surface area contributed by atoms with Gasteiger partial charge in [-0.15, -0.1) is 0 Å². The summed E-state index contributed by atoms with van der Waals surface area (Å²) in [6.45, 7) is 8.99. The van der Waals surface area contributed by atoms with Gasteiger partial charge in [-0.05, 0) is 73.3 Å². The summed E-state index contributed by atoms with van der Waals surface area (Å²) in [5, 5.41) is 11.8. The van der Waals surface area contributed by atoms with Crippen LogP contribution in [0.5, 0.6) is 0 Å². The summed E-state index contributed by atoms with van der Waals surface area (Å²) in [5.74, 6) is 3.21. The maximum absolute atomic E-state index is 11.8. The summed E-state index contributed by atoms with van der Waals surface area (Å²) < 4.78 is 7.77. The first-order valence-electron chi connectivity index (χ1n) is 15.1. The maximum Gasteiger partial charge on any atom is 0.132 e. The van der Waals surface area contributed by atoms with E-state index in [0.29, 0.717) is 17.4 Å². The highest BCUT2D eigenvalue weighted by Crippen LogP contribution is 2.67. The quantitative estimate of drug-likeness (QED) is 0.562. The van der Waals surface area contributed by atoms with Gasteiger partial charge >= 0.3 is 0 Å². The van der Waals surface area contributed by atoms with Gasteiger partial charge < -0.3 is 14.3 Å². The molecule has 1 aromatic carbocycles. The van der Waals surface area contributed by atoms with Gasteiger partial charge in [0.2, 0.25) is 0 Å². The standard InChI is InChI=1S/C32H52N2O2/c1-31-15-13-25(33(3,4)24-9-7-6-8-10-24)21-23(31)11-12-26-27(31)14-16-32(2)28(26)22-29(30(32)35)34(5)17-19-36-20-18-34/h6-10,23,25-30,35H,11-22H2,1-5H3/q+2/t23-,25-,26+,27-,28-,29-,30-,31-,32-/m0/s1. The first-order valence-corrected chi connectivity index (χ1v) is 15.1. The van der Waals surface area contributed by atoms with E-state index >= 15 is 0 Å². The van der Waals surface area contributed by atoms with Crippen molar-refractivity contribution in [3.8, 4) is 0 Å². The molecular weight excluding hydrogens is 444 g/mol. The van der Waals surface area contributed by atoms with E-state index in [1.54, 1.807) is 0 Å². The number of quaternary nitrogens is 2. The van der Waals surface area contributed by atoms with Gasteiger partial charge in [0.25, 0.3) is 0 Å². The Kier molecular flexibility index (Phi) is 6.19. The Morgan fingerprint density at radius 3 is 2.31 bits per heavy atom. The second kappa shape index (κ2) is 8.79. The fraction of sp³-hybridized carbons (Fsp3) is 0.812. The molecule has 4 saturated carbocycles. The van der Waals surface area contributed by atoms with Crippen molar-refractivity contribution in [3.05, 3.63) is 30.3 Å². The lowest BCUT2D eigenvalue weighted by atomic mass is 9.45. The minimum atomic E-state index is -0.156. The van der Waals surface area contributed by atoms with Crippen LogP contribution in [0.2, 0.25) is 0 Å². The third-order valence-electron chi connectivity index (χ3n) is 13.2. The van der Waals surface area contributed by atoms with Crippen molar-refractivity contribution < 1.29 is 14.3 Å². The fourth-order valence-corrected chi connectivity index (χ4v) is 10.5. The van der Waals surface area contributed by atoms with Crippen LogP contribution in [0.15, 0.2) is 30.3 Å². The Balaban J connectivity index is 1.22. The van der Waals surface area contributed by atoms with Gasteiger partial charge in [0, 0.05) is 24.7 Å². The molecule has 1 saturated heterocycles. The summed E-state index contributed by atoms with van der Waals surface area (Å²) >= 11 is 0. The molecule has 4 aliphatic carbocycles. The summed E-state index contributed by atoms with van der Waals surface area (Å²) in [6, 6.07) is 12.3. The van der Waals surface area contributed by atoms with Crippen LogP contribution in [0.3, 0.4) is 0 Å². The van der Waals surface area contributed by atoms with Crippen molar-refractivity contribution >= 4 is 5.69 Å². The molecule has 0 amide bonds. The van der Waals surface area contributed by atoms with Crippen LogP contribution < -0.4 is 4.48 Å². The van der Waals surface area contributed by atoms with Gasteiger partial charge in [-0.25, -0.2) is 0 Å². The van der Waals surface area contributed by atoms with Gasteiger partial charge in [0.1, 0.15) is 30.9 Å². The minimum Gasteiger partial charge on any atom is -0.386 e. The number of para-hydroxylation sites is 1. The van der Waals surface area contributed by atoms with E-state index in [9.17, 15) is 5.11 Å². The van der Waals surface area contributed by atoms with Crippen molar-refractivity contribution in [2.75, 3.05) is 47.4 Å². The molecule has 1 aliphatic heterocycles. The van der Waals surface area contributed by atoms with Crippen LogP contribution in [0, 0.1) is 34.5 Å². The second-order valence-corrected chi connectivity index (χ2v) is 14.8. The van der Waals surface area contributed by atoms with E-state index in [-0.39, 0.29) is 11.5 Å². The van der Waals surface area contributed by atoms with E-state index in [2.05, 4.69) is 65.3 Å². The number of hydrogen-bond donors (Lipinski definition) is 1. The second-order valence-electron chi connectivity index (χ2n) is 14.8. The van der Waals surface area contributed by atoms with Gasteiger partial charge in [0.15, 0.2) is 0 Å². The molecular formula is C32H52N2O2+2. The minimum absolute atomic E-state index is 0.109. The summed E-state index contributed by atoms with van der Waals surface area (Å²) in [5.41, 5.74) is 2.05. The zero-order valence-corrected chi connectivity index (χ0v) is 23.7. The molecule has 0 spiro atoms. The van der Waals surface area contributed by atoms with E-state index in [0.717, 1.165) is 59.1 Å². The SMILES string of the molecule is C[C@]12CC[C@H]([N+](C)(C)c3ccccc3)C[C@@H]1CC[C@@H]1[C@@H]2CC[C@]2(C)[C@@H](O)[C@@H]([N+]3(C)CCOCC3)C[C@@H]12. The lowest BCUT2D eigenvalue weighted by molar-refractivity contribution is -0.943. The molecule has 5 aliphatic rings. The van der Waals surface area contributed by atoms with E-state index in [1.807, 2.05) is 0 Å². The molecule has 36 heavy (non-hydrogen) atoms. The van der Waals surface area contributed by atoms with Crippen molar-refractivity contribution in [2.45, 2.75) is 83.4 Å². The molecule has 6 rings (SSSR count). The third kappa shape index (κ3) is 3.68. The van der Waals surface area contributed by atoms with Crippen LogP contribution >= 0.6 is 0 Å². The number of aliphatic hydroxyl groups excluding tert-OH is 1. The Labute approximate surface area is 220 Å². The van der Waals surface area contributed by atoms with Gasteiger partial charge in [-0.1, -0.05) is 32.0 Å². The number of aliphatic hydroxyl groups is 1. The maximum atomic E-state index is 11.8. The van der Waals surface area contributed by atoms with Crippen molar-refractivity contribution in [1.82, 2.24) is 4.48 Å². The van der Waals surface area contributed by atoms with Gasteiger partial charge in [-0.2, -0.15) is 0 Å². The van der Waals surface area contributed by atoms with Crippen LogP contribution in [-0.2, 0) is 4.74 Å². The average molecular weight is 497 g/mol. The molecule has 4 heteroatoms. The molecule has 0 radical (unpaired) electrons. The first kappa shape index (κ1) is 25.3. The van der Waals surface area contributed by atoms with Gasteiger partial charge in [0.05, 0.1) is 40.4 Å². The lowest BCUT2D eigenvalue weighted by Gasteiger charge is -2.61. The Morgan fingerprint density at radius 1 is 0.889 bits per heavy atom. The smallest absolute Gasteiger partial charge is 0.132 e. The Morgan fingerprint density at radius 2 is 1.58 bits per heavy atom. The zero-order chi connectivity index (χ0) is 25.3. The molecule has 1 N–H and O–H groups in total. The molecule has 1 aromatic rings. The summed E-state index contributed by atoms with van der Waals surface area (Å²) in [6.07, 6.45) is 10.5. The number of ether oxygens (including phenoxy) is 1. The third-order valence-corrected chi connectivity index (χ3v) is 13.2. The fourth-order valence-electron chi connectivity index (χ4n) is 10.5. The molecule has 0 aromatic heterocycles. The number of nitrogens with zero attached hydrogens (tertiary/aromatic N) is 2. The molecule has 0 unspecified atom stereocenters. The highest BCUT2D eigenvalue weighted by molar-refractivity contribution is 5.42. The summed E-state index contributed by atoms with van der Waals surface area (Å²) in [4.78, 5) is 0. The van der Waals surface area contributed by atoms with Crippen LogP contribution in [0.25, 0.3) is 0 Å². The number of rotatable bonds is 3. The predicted octanol–water partition coefficient (Wildman–Crippen LogP) is 5.48. The first-order chi connectivity index (χ1) is 17.1. The Hall–Kier alpha value is -0.940. The number of hydrogen-bond acceptors (Lipinski definition) is 2. The topological polar surface area (TPSA) is 29.5 Å². The molecule has 1 heterocycles. The van der Waals surface area contributed by atoms with Crippen molar-refractivity contribution in [1.29, 1.82) is 0 Å². The van der Waals surface area contributed by atoms with E-state index < -0.39 is 0 Å². The number of benzene rings is 1. The molecule has 200 valence electrons. The number of morpholine rings is 1. The highest BCUT2D eigenvalue weighted by atomic mass is 16.5. The largest absolute Gasteiger partial charge is 0.386 e. The summed E-state index contributed by atoms with van der Waals surface area (Å²) in [7, 11) is 7.28. The highest BCUT2D eigenvalue weighted by Gasteiger charge is 2.65. The predicted molar refractivity (Wildman–Crippen MR) is 148 cm³/mol. The van der Waals surface area contributed by atoms with Crippen molar-refractivity contribution in [2.24, 2.45) is 34.5 Å². The van der Waals surface area contributed by atoms with Crippen LogP contribution in [0.1, 0.15) is 65.2 Å².